The molecule has 0 bridgehead atoms. The Kier molecular flexibility index (Phi) is 5.98. The van der Waals surface area contributed by atoms with Gasteiger partial charge in [-0.15, -0.1) is 0 Å². The fourth-order valence-electron chi connectivity index (χ4n) is 8.30. The third kappa shape index (κ3) is 4.20. The van der Waals surface area contributed by atoms with Gasteiger partial charge >= 0.3 is 0 Å². The minimum Gasteiger partial charge on any atom is -0.309 e. The van der Waals surface area contributed by atoms with Crippen molar-refractivity contribution >= 4 is 43.6 Å². The van der Waals surface area contributed by atoms with E-state index in [0.29, 0.717) is 5.95 Å². The molecule has 0 aliphatic heterocycles. The molecule has 0 N–H and O–H groups in total. The normalized spacial score (nSPS) is 12.2. The molecule has 0 atom stereocenters. The Labute approximate surface area is 294 Å². The SMILES string of the molecule is c1ccc(-c2ccc(-c3cccc(-n4c5ccccc5c5c6c7ccccc7n(-c7ncc8c(n7)-c7ccccc7C8)c6ccc54)c3)cc2)cc1. The summed E-state index contributed by atoms with van der Waals surface area (Å²) in [5.41, 5.74) is 15.2. The molecule has 0 spiro atoms. The first kappa shape index (κ1) is 28.1. The highest BCUT2D eigenvalue weighted by Gasteiger charge is 2.24. The summed E-state index contributed by atoms with van der Waals surface area (Å²) in [5, 5.41) is 4.87. The van der Waals surface area contributed by atoms with Crippen LogP contribution < -0.4 is 0 Å². The van der Waals surface area contributed by atoms with Crippen molar-refractivity contribution in [1.82, 2.24) is 19.1 Å². The van der Waals surface area contributed by atoms with Gasteiger partial charge in [-0.3, -0.25) is 4.57 Å². The van der Waals surface area contributed by atoms with Crippen LogP contribution in [0, 0.1) is 0 Å². The van der Waals surface area contributed by atoms with Gasteiger partial charge in [-0.25, -0.2) is 9.97 Å². The number of benzene rings is 7. The summed E-state index contributed by atoms with van der Waals surface area (Å²) in [7, 11) is 0. The molecule has 0 unspecified atom stereocenters. The zero-order valence-electron chi connectivity index (χ0n) is 27.7. The lowest BCUT2D eigenvalue weighted by Crippen LogP contribution is -2.02. The second kappa shape index (κ2) is 10.9. The van der Waals surface area contributed by atoms with Crippen LogP contribution in [-0.2, 0) is 6.42 Å². The van der Waals surface area contributed by atoms with Gasteiger partial charge in [0.05, 0.1) is 27.8 Å². The van der Waals surface area contributed by atoms with Gasteiger partial charge < -0.3 is 4.57 Å². The predicted molar refractivity (Wildman–Crippen MR) is 210 cm³/mol. The van der Waals surface area contributed by atoms with Crippen molar-refractivity contribution in [2.75, 3.05) is 0 Å². The summed E-state index contributed by atoms with van der Waals surface area (Å²) in [6.07, 6.45) is 2.89. The monoisotopic (exact) mass is 650 g/mol. The lowest BCUT2D eigenvalue weighted by atomic mass is 10.00. The number of hydrogen-bond acceptors (Lipinski definition) is 2. The zero-order valence-corrected chi connectivity index (χ0v) is 27.7. The van der Waals surface area contributed by atoms with Crippen LogP contribution in [0.4, 0.5) is 0 Å². The number of para-hydroxylation sites is 2. The maximum atomic E-state index is 5.24. The summed E-state index contributed by atoms with van der Waals surface area (Å²) < 4.78 is 4.66. The number of fused-ring (bicyclic) bond motifs is 10. The highest BCUT2D eigenvalue weighted by atomic mass is 15.2. The van der Waals surface area contributed by atoms with E-state index >= 15 is 0 Å². The summed E-state index contributed by atoms with van der Waals surface area (Å²) in [5.74, 6) is 0.700. The molecule has 0 radical (unpaired) electrons. The van der Waals surface area contributed by atoms with Crippen molar-refractivity contribution in [3.8, 4) is 45.1 Å². The van der Waals surface area contributed by atoms with Crippen molar-refractivity contribution in [1.29, 1.82) is 0 Å². The van der Waals surface area contributed by atoms with Crippen molar-refractivity contribution < 1.29 is 0 Å². The first-order chi connectivity index (χ1) is 25.3. The molecule has 3 aromatic heterocycles. The number of rotatable bonds is 4. The highest BCUT2D eigenvalue weighted by molar-refractivity contribution is 6.28. The van der Waals surface area contributed by atoms with E-state index in [9.17, 15) is 0 Å². The first-order valence-electron chi connectivity index (χ1n) is 17.5. The quantitative estimate of drug-likeness (QED) is 0.190. The van der Waals surface area contributed by atoms with Gasteiger partial charge in [-0.2, -0.15) is 0 Å². The second-order valence-corrected chi connectivity index (χ2v) is 13.4. The minimum atomic E-state index is 0.700. The molecule has 0 amide bonds. The molecule has 238 valence electrons. The van der Waals surface area contributed by atoms with Crippen molar-refractivity contribution in [2.24, 2.45) is 0 Å². The largest absolute Gasteiger partial charge is 0.309 e. The van der Waals surface area contributed by atoms with Gasteiger partial charge in [-0.05, 0) is 64.2 Å². The number of nitrogens with zero attached hydrogens (tertiary/aromatic N) is 4. The van der Waals surface area contributed by atoms with Crippen LogP contribution in [0.5, 0.6) is 0 Å². The Morgan fingerprint density at radius 1 is 0.431 bits per heavy atom. The van der Waals surface area contributed by atoms with E-state index in [4.69, 9.17) is 9.97 Å². The van der Waals surface area contributed by atoms with Crippen LogP contribution in [0.1, 0.15) is 11.1 Å². The van der Waals surface area contributed by atoms with Gasteiger partial charge in [0.1, 0.15) is 0 Å². The molecule has 7 aromatic carbocycles. The average molecular weight is 651 g/mol. The smallest absolute Gasteiger partial charge is 0.235 e. The number of hydrogen-bond donors (Lipinski definition) is 0. The van der Waals surface area contributed by atoms with Crippen LogP contribution in [0.3, 0.4) is 0 Å². The van der Waals surface area contributed by atoms with E-state index in [-0.39, 0.29) is 0 Å². The van der Waals surface area contributed by atoms with Crippen LogP contribution in [-0.4, -0.2) is 19.1 Å². The van der Waals surface area contributed by atoms with Crippen LogP contribution in [0.25, 0.3) is 88.8 Å². The molecule has 0 fully saturated rings. The lowest BCUT2D eigenvalue weighted by molar-refractivity contribution is 0.980. The fourth-order valence-corrected chi connectivity index (χ4v) is 8.30. The molecule has 0 saturated heterocycles. The Balaban J connectivity index is 1.12. The standard InChI is InChI=1S/C47H30N4/c1-2-11-30(12-3-1)31-21-23-32(24-22-31)33-14-10-15-36(28-33)50-40-19-8-6-17-38(40)44-42(50)25-26-43-45(44)39-18-7-9-20-41(39)51(43)47-48-29-35-27-34-13-4-5-16-37(34)46(35)49-47/h1-26,28-29H,27H2. The third-order valence-corrected chi connectivity index (χ3v) is 10.6. The van der Waals surface area contributed by atoms with E-state index in [1.54, 1.807) is 0 Å². The first-order valence-corrected chi connectivity index (χ1v) is 17.5. The molecular formula is C47H30N4. The Morgan fingerprint density at radius 3 is 1.78 bits per heavy atom. The van der Waals surface area contributed by atoms with Gasteiger partial charge in [0, 0.05) is 51.0 Å². The predicted octanol–water partition coefficient (Wildman–Crippen LogP) is 11.6. The van der Waals surface area contributed by atoms with Gasteiger partial charge in [0.15, 0.2) is 0 Å². The molecule has 51 heavy (non-hydrogen) atoms. The van der Waals surface area contributed by atoms with E-state index in [2.05, 4.69) is 173 Å². The molecule has 11 rings (SSSR count). The Hall–Kier alpha value is -6.78. The van der Waals surface area contributed by atoms with Crippen molar-refractivity contribution in [3.63, 3.8) is 0 Å². The minimum absolute atomic E-state index is 0.700. The summed E-state index contributed by atoms with van der Waals surface area (Å²) in [6.45, 7) is 0. The molecule has 1 aliphatic rings. The molecule has 1 aliphatic carbocycles. The zero-order chi connectivity index (χ0) is 33.5. The topological polar surface area (TPSA) is 35.6 Å². The second-order valence-electron chi connectivity index (χ2n) is 13.4. The molecule has 4 nitrogen and oxygen atoms in total. The average Bonchev–Trinajstić information content (AvgIpc) is 3.85. The van der Waals surface area contributed by atoms with Gasteiger partial charge in [-0.1, -0.05) is 127 Å². The van der Waals surface area contributed by atoms with Crippen molar-refractivity contribution in [2.45, 2.75) is 6.42 Å². The van der Waals surface area contributed by atoms with E-state index in [0.717, 1.165) is 28.8 Å². The number of aromatic nitrogens is 4. The van der Waals surface area contributed by atoms with Gasteiger partial charge in [0.2, 0.25) is 5.95 Å². The summed E-state index contributed by atoms with van der Waals surface area (Å²) in [6, 6.07) is 58.9. The Bertz CT molecular complexity index is 2980. The Morgan fingerprint density at radius 2 is 1.02 bits per heavy atom. The third-order valence-electron chi connectivity index (χ3n) is 10.6. The molecule has 10 aromatic rings. The molecule has 4 heteroatoms. The van der Waals surface area contributed by atoms with Gasteiger partial charge in [0.25, 0.3) is 0 Å². The molecule has 3 heterocycles. The fraction of sp³-hybridized carbons (Fsp3) is 0.0213. The van der Waals surface area contributed by atoms with Crippen LogP contribution >= 0.6 is 0 Å². The lowest BCUT2D eigenvalue weighted by Gasteiger charge is -2.11. The summed E-state index contributed by atoms with van der Waals surface area (Å²) in [4.78, 5) is 10.2. The van der Waals surface area contributed by atoms with E-state index in [1.807, 2.05) is 6.20 Å². The maximum Gasteiger partial charge on any atom is 0.235 e. The highest BCUT2D eigenvalue weighted by Crippen LogP contribution is 2.43. The molecular weight excluding hydrogens is 621 g/mol. The van der Waals surface area contributed by atoms with Crippen LogP contribution in [0.2, 0.25) is 0 Å². The summed E-state index contributed by atoms with van der Waals surface area (Å²) >= 11 is 0. The van der Waals surface area contributed by atoms with E-state index in [1.165, 1.54) is 71.5 Å². The maximum absolute atomic E-state index is 5.24. The van der Waals surface area contributed by atoms with Crippen LogP contribution in [0.15, 0.2) is 170 Å². The van der Waals surface area contributed by atoms with E-state index < -0.39 is 0 Å². The van der Waals surface area contributed by atoms with Crippen molar-refractivity contribution in [3.05, 3.63) is 181 Å². The molecule has 0 saturated carbocycles.